The van der Waals surface area contributed by atoms with E-state index in [4.69, 9.17) is 9.26 Å². The van der Waals surface area contributed by atoms with Gasteiger partial charge in [-0.1, -0.05) is 49.3 Å². The first-order valence-electron chi connectivity index (χ1n) is 10.1. The van der Waals surface area contributed by atoms with Crippen molar-refractivity contribution in [1.29, 1.82) is 0 Å². The molecule has 3 rings (SSSR count). The molecule has 0 saturated heterocycles. The van der Waals surface area contributed by atoms with Crippen LogP contribution < -0.4 is 5.32 Å². The molecule has 2 N–H and O–H groups in total. The van der Waals surface area contributed by atoms with E-state index in [0.717, 1.165) is 5.56 Å². The van der Waals surface area contributed by atoms with Crippen LogP contribution >= 0.6 is 0 Å². The molecule has 2 unspecified atom stereocenters. The van der Waals surface area contributed by atoms with E-state index in [1.165, 1.54) is 12.1 Å². The van der Waals surface area contributed by atoms with Crippen molar-refractivity contribution in [2.24, 2.45) is 5.92 Å². The van der Waals surface area contributed by atoms with Gasteiger partial charge in [0.25, 0.3) is 5.69 Å². The number of aliphatic hydroxyl groups is 1. The van der Waals surface area contributed by atoms with Crippen LogP contribution in [-0.4, -0.2) is 39.4 Å². The molecule has 0 radical (unpaired) electrons. The van der Waals surface area contributed by atoms with Crippen molar-refractivity contribution in [3.8, 4) is 11.4 Å². The largest absolute Gasteiger partial charge is 0.389 e. The summed E-state index contributed by atoms with van der Waals surface area (Å²) in [5, 5.41) is 28.3. The summed E-state index contributed by atoms with van der Waals surface area (Å²) in [5.74, 6) is 0.868. The number of hydrogen-bond donors (Lipinski definition) is 2. The van der Waals surface area contributed by atoms with E-state index >= 15 is 0 Å². The zero-order valence-electron chi connectivity index (χ0n) is 17.5. The van der Waals surface area contributed by atoms with Crippen molar-refractivity contribution in [1.82, 2.24) is 15.5 Å². The van der Waals surface area contributed by atoms with Gasteiger partial charge in [0.15, 0.2) is 0 Å². The molecule has 2 aromatic carbocycles. The van der Waals surface area contributed by atoms with Crippen molar-refractivity contribution in [2.75, 3.05) is 13.2 Å². The fraction of sp³-hybridized carbons (Fsp3) is 0.364. The minimum absolute atomic E-state index is 0.00216. The number of benzene rings is 2. The highest BCUT2D eigenvalue weighted by Gasteiger charge is 2.23. The second kappa shape index (κ2) is 10.8. The summed E-state index contributed by atoms with van der Waals surface area (Å²) in [4.78, 5) is 14.8. The zero-order valence-corrected chi connectivity index (χ0v) is 17.5. The number of hydrogen-bond acceptors (Lipinski definition) is 8. The number of aliphatic hydroxyl groups excluding tert-OH is 1. The Balaban J connectivity index is 1.55. The van der Waals surface area contributed by atoms with Crippen molar-refractivity contribution < 1.29 is 19.3 Å². The highest BCUT2D eigenvalue weighted by molar-refractivity contribution is 5.56. The van der Waals surface area contributed by atoms with Gasteiger partial charge in [-0.25, -0.2) is 0 Å². The molecule has 0 aliphatic heterocycles. The third kappa shape index (κ3) is 6.42. The van der Waals surface area contributed by atoms with Crippen LogP contribution in [0.1, 0.15) is 31.3 Å². The molecule has 1 heterocycles. The first-order chi connectivity index (χ1) is 14.9. The summed E-state index contributed by atoms with van der Waals surface area (Å²) in [6.07, 6.45) is -0.693. The summed E-state index contributed by atoms with van der Waals surface area (Å²) in [7, 11) is 0. The first-order valence-corrected chi connectivity index (χ1v) is 10.1. The lowest BCUT2D eigenvalue weighted by atomic mass is 10.0. The van der Waals surface area contributed by atoms with Crippen molar-refractivity contribution in [3.05, 3.63) is 76.2 Å². The average Bonchev–Trinajstić information content (AvgIpc) is 3.24. The predicted octanol–water partition coefficient (Wildman–Crippen LogP) is 3.51. The maximum atomic E-state index is 10.8. The molecular formula is C22H26N4O5. The van der Waals surface area contributed by atoms with Gasteiger partial charge in [-0.15, -0.1) is 0 Å². The molecule has 31 heavy (non-hydrogen) atoms. The Morgan fingerprint density at radius 1 is 1.16 bits per heavy atom. The van der Waals surface area contributed by atoms with E-state index in [1.807, 2.05) is 44.2 Å². The third-order valence-electron chi connectivity index (χ3n) is 4.71. The average molecular weight is 426 g/mol. The number of nitro groups is 1. The number of nitro benzene ring substituents is 1. The molecule has 2 atom stereocenters. The van der Waals surface area contributed by atoms with Gasteiger partial charge in [-0.2, -0.15) is 4.98 Å². The zero-order chi connectivity index (χ0) is 22.2. The van der Waals surface area contributed by atoms with Crippen LogP contribution in [0.5, 0.6) is 0 Å². The minimum Gasteiger partial charge on any atom is -0.389 e. The SMILES string of the molecule is CC(C)C(NCC(O)COCc1ccccc1)c1nc(-c2ccc([N+](=O)[O-])cc2)no1. The minimum atomic E-state index is -0.693. The predicted molar refractivity (Wildman–Crippen MR) is 114 cm³/mol. The van der Waals surface area contributed by atoms with Crippen LogP contribution in [0, 0.1) is 16.0 Å². The molecule has 0 spiro atoms. The lowest BCUT2D eigenvalue weighted by Crippen LogP contribution is -2.35. The molecule has 0 aliphatic carbocycles. The normalized spacial score (nSPS) is 13.3. The molecule has 0 amide bonds. The smallest absolute Gasteiger partial charge is 0.269 e. The van der Waals surface area contributed by atoms with Crippen molar-refractivity contribution in [3.63, 3.8) is 0 Å². The van der Waals surface area contributed by atoms with Crippen LogP contribution in [0.4, 0.5) is 5.69 Å². The fourth-order valence-corrected chi connectivity index (χ4v) is 3.03. The second-order valence-electron chi connectivity index (χ2n) is 7.54. The van der Waals surface area contributed by atoms with Gasteiger partial charge >= 0.3 is 0 Å². The van der Waals surface area contributed by atoms with Crippen molar-refractivity contribution >= 4 is 5.69 Å². The molecule has 164 valence electrons. The van der Waals surface area contributed by atoms with Crippen LogP contribution in [-0.2, 0) is 11.3 Å². The number of nitrogens with zero attached hydrogens (tertiary/aromatic N) is 3. The Morgan fingerprint density at radius 3 is 2.52 bits per heavy atom. The van der Waals surface area contributed by atoms with Gasteiger partial charge < -0.3 is 19.7 Å². The van der Waals surface area contributed by atoms with Gasteiger partial charge in [0.1, 0.15) is 0 Å². The topological polar surface area (TPSA) is 124 Å². The third-order valence-corrected chi connectivity index (χ3v) is 4.71. The molecule has 9 nitrogen and oxygen atoms in total. The van der Waals surface area contributed by atoms with Gasteiger partial charge in [-0.3, -0.25) is 10.1 Å². The molecule has 3 aromatic rings. The van der Waals surface area contributed by atoms with Crippen molar-refractivity contribution in [2.45, 2.75) is 32.6 Å². The number of aromatic nitrogens is 2. The number of ether oxygens (including phenoxy) is 1. The van der Waals surface area contributed by atoms with E-state index in [0.29, 0.717) is 30.4 Å². The maximum Gasteiger partial charge on any atom is 0.269 e. The molecular weight excluding hydrogens is 400 g/mol. The second-order valence-corrected chi connectivity index (χ2v) is 7.54. The van der Waals surface area contributed by atoms with Gasteiger partial charge in [-0.05, 0) is 23.6 Å². The van der Waals surface area contributed by atoms with Gasteiger partial charge in [0.05, 0.1) is 30.3 Å². The Bertz CT molecular complexity index is 960. The molecule has 0 bridgehead atoms. The van der Waals surface area contributed by atoms with E-state index in [9.17, 15) is 15.2 Å². The molecule has 1 aromatic heterocycles. The summed E-state index contributed by atoms with van der Waals surface area (Å²) in [6.45, 7) is 4.95. The molecule has 0 aliphatic rings. The molecule has 0 saturated carbocycles. The van der Waals surface area contributed by atoms with E-state index in [2.05, 4.69) is 15.5 Å². The molecule has 9 heteroatoms. The lowest BCUT2D eigenvalue weighted by Gasteiger charge is -2.20. The number of non-ortho nitro benzene ring substituents is 1. The Hall–Kier alpha value is -3.14. The molecule has 0 fully saturated rings. The number of rotatable bonds is 11. The summed E-state index contributed by atoms with van der Waals surface area (Å²) >= 11 is 0. The Labute approximate surface area is 180 Å². The standard InChI is InChI=1S/C22H26N4O5/c1-15(2)20(23-12-19(27)14-30-13-16-6-4-3-5-7-16)22-24-21(25-31-22)17-8-10-18(11-9-17)26(28)29/h3-11,15,19-20,23,27H,12-14H2,1-2H3. The van der Waals surface area contributed by atoms with E-state index < -0.39 is 11.0 Å². The fourth-order valence-electron chi connectivity index (χ4n) is 3.03. The van der Waals surface area contributed by atoms with E-state index in [-0.39, 0.29) is 24.3 Å². The van der Waals surface area contributed by atoms with Crippen LogP contribution in [0.15, 0.2) is 59.1 Å². The first kappa shape index (κ1) is 22.5. The Morgan fingerprint density at radius 2 is 1.87 bits per heavy atom. The number of nitrogens with one attached hydrogen (secondary N) is 1. The monoisotopic (exact) mass is 426 g/mol. The maximum absolute atomic E-state index is 10.8. The summed E-state index contributed by atoms with van der Waals surface area (Å²) < 4.78 is 11.0. The van der Waals surface area contributed by atoms with Crippen LogP contribution in [0.2, 0.25) is 0 Å². The van der Waals surface area contributed by atoms with Gasteiger partial charge in [0.2, 0.25) is 11.7 Å². The Kier molecular flexibility index (Phi) is 7.82. The van der Waals surface area contributed by atoms with Crippen LogP contribution in [0.25, 0.3) is 11.4 Å². The quantitative estimate of drug-likeness (QED) is 0.353. The highest BCUT2D eigenvalue weighted by Crippen LogP contribution is 2.24. The van der Waals surface area contributed by atoms with Gasteiger partial charge in [0, 0.05) is 24.2 Å². The summed E-state index contributed by atoms with van der Waals surface area (Å²) in [6, 6.07) is 15.5. The summed E-state index contributed by atoms with van der Waals surface area (Å²) in [5.41, 5.74) is 1.67. The highest BCUT2D eigenvalue weighted by atomic mass is 16.6. The van der Waals surface area contributed by atoms with E-state index in [1.54, 1.807) is 12.1 Å². The van der Waals surface area contributed by atoms with Crippen LogP contribution in [0.3, 0.4) is 0 Å². The lowest BCUT2D eigenvalue weighted by molar-refractivity contribution is -0.384.